The molecule has 3 heterocycles. The Morgan fingerprint density at radius 1 is 1.17 bits per heavy atom. The Labute approximate surface area is 134 Å². The van der Waals surface area contributed by atoms with Crippen LogP contribution in [0.25, 0.3) is 5.82 Å². The van der Waals surface area contributed by atoms with Crippen molar-refractivity contribution >= 4 is 11.8 Å². The van der Waals surface area contributed by atoms with Crippen molar-refractivity contribution in [3.63, 3.8) is 0 Å². The summed E-state index contributed by atoms with van der Waals surface area (Å²) >= 11 is 0. The molecule has 0 aliphatic heterocycles. The zero-order valence-electron chi connectivity index (χ0n) is 13.3. The Kier molecular flexibility index (Phi) is 4.18. The average Bonchev–Trinajstić information content (AvgIpc) is 2.95. The van der Waals surface area contributed by atoms with Crippen molar-refractivity contribution in [1.82, 2.24) is 24.5 Å². The van der Waals surface area contributed by atoms with Gasteiger partial charge < -0.3 is 10.1 Å². The normalized spacial score (nSPS) is 10.8. The van der Waals surface area contributed by atoms with Gasteiger partial charge in [-0.15, -0.1) is 0 Å². The lowest BCUT2D eigenvalue weighted by Gasteiger charge is -2.10. The summed E-state index contributed by atoms with van der Waals surface area (Å²) in [6.45, 7) is 5.81. The fourth-order valence-electron chi connectivity index (χ4n) is 2.03. The molecule has 0 aromatic carbocycles. The number of anilines is 2. The third kappa shape index (κ3) is 3.82. The molecular formula is C16H18N6O. The van der Waals surface area contributed by atoms with E-state index in [1.165, 1.54) is 0 Å². The number of hydrogen-bond acceptors (Lipinski definition) is 6. The molecule has 0 spiro atoms. The number of imidazole rings is 1. The van der Waals surface area contributed by atoms with E-state index >= 15 is 0 Å². The molecular weight excluding hydrogens is 292 g/mol. The fraction of sp³-hybridized carbons (Fsp3) is 0.250. The molecule has 0 fully saturated rings. The maximum Gasteiger partial charge on any atom is 0.231 e. The van der Waals surface area contributed by atoms with Crippen molar-refractivity contribution in [3.8, 4) is 11.7 Å². The summed E-state index contributed by atoms with van der Waals surface area (Å²) < 4.78 is 7.44. The molecule has 23 heavy (non-hydrogen) atoms. The van der Waals surface area contributed by atoms with Gasteiger partial charge in [-0.25, -0.2) is 15.0 Å². The van der Waals surface area contributed by atoms with Crippen molar-refractivity contribution in [2.45, 2.75) is 26.9 Å². The molecule has 7 heteroatoms. The topological polar surface area (TPSA) is 77.8 Å². The van der Waals surface area contributed by atoms with Gasteiger partial charge in [0, 0.05) is 18.0 Å². The van der Waals surface area contributed by atoms with Gasteiger partial charge in [0.25, 0.3) is 0 Å². The Morgan fingerprint density at radius 3 is 2.78 bits per heavy atom. The van der Waals surface area contributed by atoms with Gasteiger partial charge in [-0.2, -0.15) is 4.98 Å². The van der Waals surface area contributed by atoms with Crippen molar-refractivity contribution in [2.75, 3.05) is 5.32 Å². The van der Waals surface area contributed by atoms with Crippen molar-refractivity contribution in [1.29, 1.82) is 0 Å². The van der Waals surface area contributed by atoms with E-state index in [1.807, 2.05) is 49.7 Å². The van der Waals surface area contributed by atoms with Crippen LogP contribution in [-0.2, 0) is 0 Å². The molecule has 1 N–H and O–H groups in total. The van der Waals surface area contributed by atoms with Gasteiger partial charge in [-0.05, 0) is 32.9 Å². The number of nitrogens with one attached hydrogen (secondary N) is 1. The van der Waals surface area contributed by atoms with E-state index in [2.05, 4.69) is 25.3 Å². The summed E-state index contributed by atoms with van der Waals surface area (Å²) in [5, 5.41) is 3.09. The molecule has 3 aromatic heterocycles. The zero-order valence-corrected chi connectivity index (χ0v) is 13.3. The molecule has 118 valence electrons. The Balaban J connectivity index is 1.80. The van der Waals surface area contributed by atoms with Crippen molar-refractivity contribution < 1.29 is 4.74 Å². The van der Waals surface area contributed by atoms with E-state index in [-0.39, 0.29) is 6.10 Å². The second-order valence-corrected chi connectivity index (χ2v) is 5.32. The summed E-state index contributed by atoms with van der Waals surface area (Å²) in [6.07, 6.45) is 5.31. The molecule has 0 unspecified atom stereocenters. The molecule has 3 rings (SSSR count). The fourth-order valence-corrected chi connectivity index (χ4v) is 2.03. The first-order valence-electron chi connectivity index (χ1n) is 7.35. The lowest BCUT2D eigenvalue weighted by atomic mass is 10.4. The molecule has 0 saturated heterocycles. The number of aryl methyl sites for hydroxylation is 1. The predicted molar refractivity (Wildman–Crippen MR) is 87.2 cm³/mol. The third-order valence-corrected chi connectivity index (χ3v) is 2.92. The van der Waals surface area contributed by atoms with Crippen LogP contribution in [0.15, 0.2) is 43.0 Å². The molecule has 7 nitrogen and oxygen atoms in total. The minimum atomic E-state index is 0.0560. The average molecular weight is 310 g/mol. The van der Waals surface area contributed by atoms with Gasteiger partial charge >= 0.3 is 0 Å². The highest BCUT2D eigenvalue weighted by molar-refractivity contribution is 5.48. The first-order chi connectivity index (χ1) is 11.1. The minimum Gasteiger partial charge on any atom is -0.475 e. The Bertz CT molecular complexity index is 784. The number of hydrogen-bond donors (Lipinski definition) is 1. The van der Waals surface area contributed by atoms with E-state index in [1.54, 1.807) is 18.6 Å². The molecule has 0 bridgehead atoms. The number of nitrogens with zero attached hydrogens (tertiary/aromatic N) is 5. The van der Waals surface area contributed by atoms with Crippen LogP contribution in [0.4, 0.5) is 11.8 Å². The van der Waals surface area contributed by atoms with Gasteiger partial charge in [0.1, 0.15) is 12.1 Å². The zero-order chi connectivity index (χ0) is 16.2. The standard InChI is InChI=1S/C16H18N6O/c1-11(2)23-15-8-12(3)19-16(21-15)20-13-9-22(10-18-13)14-6-4-5-7-17-14/h4-11H,1-3H3,(H,19,20,21). The molecule has 3 aromatic rings. The summed E-state index contributed by atoms with van der Waals surface area (Å²) in [5.74, 6) is 2.42. The molecule has 0 amide bonds. The molecule has 0 radical (unpaired) electrons. The Morgan fingerprint density at radius 2 is 2.04 bits per heavy atom. The summed E-state index contributed by atoms with van der Waals surface area (Å²) in [6, 6.07) is 7.51. The maximum atomic E-state index is 5.62. The summed E-state index contributed by atoms with van der Waals surface area (Å²) in [4.78, 5) is 17.3. The van der Waals surface area contributed by atoms with Gasteiger partial charge in [0.05, 0.1) is 12.3 Å². The van der Waals surface area contributed by atoms with Crippen LogP contribution in [0.3, 0.4) is 0 Å². The second kappa shape index (κ2) is 6.43. The van der Waals surface area contributed by atoms with E-state index in [4.69, 9.17) is 4.74 Å². The summed E-state index contributed by atoms with van der Waals surface area (Å²) in [7, 11) is 0. The SMILES string of the molecule is Cc1cc(OC(C)C)nc(Nc2cn(-c3ccccn3)cn2)n1. The van der Waals surface area contributed by atoms with Crippen LogP contribution in [0.5, 0.6) is 5.88 Å². The number of pyridine rings is 1. The number of ether oxygens (including phenoxy) is 1. The van der Waals surface area contributed by atoms with Crippen molar-refractivity contribution in [2.24, 2.45) is 0 Å². The van der Waals surface area contributed by atoms with Crippen LogP contribution < -0.4 is 10.1 Å². The largest absolute Gasteiger partial charge is 0.475 e. The van der Waals surface area contributed by atoms with Gasteiger partial charge in [0.15, 0.2) is 5.82 Å². The van der Waals surface area contributed by atoms with Crippen LogP contribution in [0.1, 0.15) is 19.5 Å². The van der Waals surface area contributed by atoms with Crippen LogP contribution in [0, 0.1) is 6.92 Å². The quantitative estimate of drug-likeness (QED) is 0.780. The first kappa shape index (κ1) is 15.0. The number of aromatic nitrogens is 5. The van der Waals surface area contributed by atoms with Gasteiger partial charge in [0.2, 0.25) is 11.8 Å². The van der Waals surface area contributed by atoms with E-state index in [9.17, 15) is 0 Å². The van der Waals surface area contributed by atoms with E-state index in [0.29, 0.717) is 17.6 Å². The Hall–Kier alpha value is -2.96. The highest BCUT2D eigenvalue weighted by Crippen LogP contribution is 2.17. The van der Waals surface area contributed by atoms with Crippen LogP contribution in [-0.4, -0.2) is 30.6 Å². The second-order valence-electron chi connectivity index (χ2n) is 5.32. The van der Waals surface area contributed by atoms with E-state index < -0.39 is 0 Å². The number of rotatable bonds is 5. The maximum absolute atomic E-state index is 5.62. The molecule has 0 saturated carbocycles. The molecule has 0 aliphatic rings. The lowest BCUT2D eigenvalue weighted by Crippen LogP contribution is -2.09. The monoisotopic (exact) mass is 310 g/mol. The minimum absolute atomic E-state index is 0.0560. The van der Waals surface area contributed by atoms with Crippen LogP contribution in [0.2, 0.25) is 0 Å². The molecule has 0 aliphatic carbocycles. The van der Waals surface area contributed by atoms with Crippen molar-refractivity contribution in [3.05, 3.63) is 48.7 Å². The lowest BCUT2D eigenvalue weighted by molar-refractivity contribution is 0.232. The van der Waals surface area contributed by atoms with E-state index in [0.717, 1.165) is 11.5 Å². The summed E-state index contributed by atoms with van der Waals surface area (Å²) in [5.41, 5.74) is 0.822. The highest BCUT2D eigenvalue weighted by atomic mass is 16.5. The third-order valence-electron chi connectivity index (χ3n) is 2.92. The molecule has 0 atom stereocenters. The predicted octanol–water partition coefficient (Wildman–Crippen LogP) is 2.90. The van der Waals surface area contributed by atoms with Gasteiger partial charge in [-0.1, -0.05) is 6.07 Å². The smallest absolute Gasteiger partial charge is 0.231 e. The van der Waals surface area contributed by atoms with Gasteiger partial charge in [-0.3, -0.25) is 4.57 Å². The first-order valence-corrected chi connectivity index (χ1v) is 7.35. The highest BCUT2D eigenvalue weighted by Gasteiger charge is 2.07. The van der Waals surface area contributed by atoms with Crippen LogP contribution >= 0.6 is 0 Å².